The largest absolute Gasteiger partial charge is 0.394 e. The Kier molecular flexibility index (Phi) is 11.9. The fourth-order valence-corrected chi connectivity index (χ4v) is 6.58. The van der Waals surface area contributed by atoms with Gasteiger partial charge in [-0.05, 0) is 40.5 Å². The third kappa shape index (κ3) is 8.74. The van der Waals surface area contributed by atoms with Gasteiger partial charge in [0.1, 0.15) is 36.2 Å². The zero-order valence-corrected chi connectivity index (χ0v) is 28.5. The van der Waals surface area contributed by atoms with E-state index in [0.29, 0.717) is 30.6 Å². The minimum Gasteiger partial charge on any atom is -0.394 e. The molecule has 14 nitrogen and oxygen atoms in total. The van der Waals surface area contributed by atoms with E-state index >= 15 is 0 Å². The van der Waals surface area contributed by atoms with Gasteiger partial charge < -0.3 is 50.9 Å². The van der Waals surface area contributed by atoms with Crippen molar-refractivity contribution in [3.63, 3.8) is 0 Å². The van der Waals surface area contributed by atoms with Crippen molar-refractivity contribution in [1.82, 2.24) is 19.9 Å². The summed E-state index contributed by atoms with van der Waals surface area (Å²) in [7, 11) is 3.40. The highest BCUT2D eigenvalue weighted by Gasteiger charge is 2.54. The molecule has 2 saturated carbocycles. The number of anilines is 3. The molecule has 2 aliphatic carbocycles. The van der Waals surface area contributed by atoms with Gasteiger partial charge in [-0.25, -0.2) is 19.9 Å². The first kappa shape index (κ1) is 36.0. The van der Waals surface area contributed by atoms with Crippen LogP contribution in [0.5, 0.6) is 0 Å². The number of halogens is 3. The Bertz CT molecular complexity index is 1280. The number of nitrogens with two attached hydrogens (primary N) is 3. The van der Waals surface area contributed by atoms with Crippen LogP contribution < -0.4 is 22.5 Å². The summed E-state index contributed by atoms with van der Waals surface area (Å²) in [6, 6.07) is 0.113. The van der Waals surface area contributed by atoms with Gasteiger partial charge >= 0.3 is 0 Å². The molecule has 4 heterocycles. The summed E-state index contributed by atoms with van der Waals surface area (Å²) < 4.78 is 34.1. The summed E-state index contributed by atoms with van der Waals surface area (Å²) in [4.78, 5) is 15.2. The lowest BCUT2D eigenvalue weighted by molar-refractivity contribution is -0.159. The number of aromatic nitrogens is 4. The highest BCUT2D eigenvalue weighted by molar-refractivity contribution is 6.37. The van der Waals surface area contributed by atoms with Crippen molar-refractivity contribution in [3.05, 3.63) is 28.1 Å². The predicted molar refractivity (Wildman–Crippen MR) is 171 cm³/mol. The molecule has 7 N–H and O–H groups in total. The molecule has 0 unspecified atom stereocenters. The monoisotopic (exact) mass is 692 g/mol. The molecule has 252 valence electrons. The van der Waals surface area contributed by atoms with Crippen molar-refractivity contribution in [3.8, 4) is 0 Å². The molecule has 2 aromatic rings. The predicted octanol–water partition coefficient (Wildman–Crippen LogP) is 3.54. The van der Waals surface area contributed by atoms with Crippen LogP contribution in [-0.2, 0) is 28.4 Å². The second kappa shape index (κ2) is 14.9. The normalized spacial score (nSPS) is 32.1. The van der Waals surface area contributed by atoms with Gasteiger partial charge in [0.25, 0.3) is 0 Å². The maximum absolute atomic E-state index is 6.05. The summed E-state index contributed by atoms with van der Waals surface area (Å²) in [5, 5.41) is 3.95. The molecule has 2 aliphatic heterocycles. The molecule has 4 aliphatic rings. The fourth-order valence-electron chi connectivity index (χ4n) is 6.13. The van der Waals surface area contributed by atoms with Crippen molar-refractivity contribution in [2.45, 2.75) is 88.6 Å². The second-order valence-electron chi connectivity index (χ2n) is 12.2. The van der Waals surface area contributed by atoms with Gasteiger partial charge in [0, 0.05) is 32.1 Å². The zero-order chi connectivity index (χ0) is 33.1. The Labute approximate surface area is 278 Å². The van der Waals surface area contributed by atoms with Crippen LogP contribution in [0, 0.1) is 11.8 Å². The van der Waals surface area contributed by atoms with Crippen LogP contribution >= 0.6 is 34.8 Å². The van der Waals surface area contributed by atoms with Crippen molar-refractivity contribution in [1.29, 1.82) is 0 Å². The average molecular weight is 694 g/mol. The van der Waals surface area contributed by atoms with Crippen LogP contribution in [0.2, 0.25) is 15.5 Å². The first-order chi connectivity index (χ1) is 21.2. The number of hydrogen-bond donors (Lipinski definition) is 4. The Morgan fingerprint density at radius 2 is 1.18 bits per heavy atom. The molecule has 2 aromatic heterocycles. The maximum Gasteiger partial charge on any atom is 0.163 e. The van der Waals surface area contributed by atoms with Crippen LogP contribution in [-0.4, -0.2) is 95.4 Å². The highest BCUT2D eigenvalue weighted by Crippen LogP contribution is 2.43. The molecule has 0 amide bonds. The molecule has 17 heteroatoms. The number of nitrogen functional groups attached to an aromatic ring is 2. The van der Waals surface area contributed by atoms with E-state index in [9.17, 15) is 0 Å². The zero-order valence-electron chi connectivity index (χ0n) is 26.2. The lowest BCUT2D eigenvalue weighted by Gasteiger charge is -2.24. The molecular weight excluding hydrogens is 651 g/mol. The van der Waals surface area contributed by atoms with Gasteiger partial charge in [-0.3, -0.25) is 0 Å². The fraction of sp³-hybridized carbons (Fsp3) is 0.714. The van der Waals surface area contributed by atoms with Gasteiger partial charge in [0.2, 0.25) is 0 Å². The number of rotatable bonds is 6. The summed E-state index contributed by atoms with van der Waals surface area (Å²) in [5.41, 5.74) is 17.8. The van der Waals surface area contributed by atoms with E-state index < -0.39 is 11.6 Å². The summed E-state index contributed by atoms with van der Waals surface area (Å²) >= 11 is 16.8. The molecule has 45 heavy (non-hydrogen) atoms. The minimum atomic E-state index is -0.601. The number of methoxy groups -OCH3 is 2. The van der Waals surface area contributed by atoms with Gasteiger partial charge in [0.05, 0.1) is 31.5 Å². The molecular formula is C28H43Cl3N8O6. The van der Waals surface area contributed by atoms with E-state index in [0.717, 1.165) is 12.8 Å². The quantitative estimate of drug-likeness (QED) is 0.321. The average Bonchev–Trinajstić information content (AvgIpc) is 3.65. The third-order valence-electron chi connectivity index (χ3n) is 7.91. The number of fused-ring (bicyclic) bond motifs is 2. The third-order valence-corrected chi connectivity index (χ3v) is 8.82. The van der Waals surface area contributed by atoms with E-state index in [1.807, 2.05) is 27.7 Å². The molecule has 4 fully saturated rings. The Morgan fingerprint density at radius 1 is 0.733 bits per heavy atom. The Balaban J connectivity index is 0.000000171. The molecule has 0 aromatic carbocycles. The topological polar surface area (TPSA) is 197 Å². The maximum atomic E-state index is 6.05. The van der Waals surface area contributed by atoms with Crippen LogP contribution in [0.15, 0.2) is 12.7 Å². The molecule has 6 rings (SSSR count). The number of hydrogen-bond acceptors (Lipinski definition) is 14. The highest BCUT2D eigenvalue weighted by atomic mass is 35.5. The number of nitrogens with zero attached hydrogens (tertiary/aromatic N) is 4. The van der Waals surface area contributed by atoms with E-state index in [2.05, 4.69) is 25.3 Å². The van der Waals surface area contributed by atoms with Crippen molar-refractivity contribution >= 4 is 52.0 Å². The molecule has 0 radical (unpaired) electrons. The van der Waals surface area contributed by atoms with Crippen molar-refractivity contribution < 1.29 is 28.4 Å². The van der Waals surface area contributed by atoms with E-state index in [-0.39, 0.29) is 63.6 Å². The van der Waals surface area contributed by atoms with Gasteiger partial charge in [-0.15, -0.1) is 0 Å². The smallest absolute Gasteiger partial charge is 0.163 e. The van der Waals surface area contributed by atoms with Crippen molar-refractivity contribution in [2.24, 2.45) is 17.6 Å². The van der Waals surface area contributed by atoms with Crippen LogP contribution in [0.3, 0.4) is 0 Å². The molecule has 2 saturated heterocycles. The van der Waals surface area contributed by atoms with E-state index in [4.69, 9.17) is 80.4 Å². The SMILES string of the molecule is COC[C@H]1C[C@@H](N)[C@@H]2OC(C)(C)O[C@H]12.COC[C@H]1C[C@@H](Nc2ncnc(Cl)c2N)[C@@H]2OC(C)(C)O[C@H]12.Nc1c(Cl)ncnc1Cl. The van der Waals surface area contributed by atoms with Gasteiger partial charge in [-0.1, -0.05) is 34.8 Å². The minimum absolute atomic E-state index is 0.00835. The van der Waals surface area contributed by atoms with Crippen LogP contribution in [0.1, 0.15) is 40.5 Å². The summed E-state index contributed by atoms with van der Waals surface area (Å²) in [6.45, 7) is 9.03. The molecule has 0 spiro atoms. The lowest BCUT2D eigenvalue weighted by atomic mass is 10.1. The first-order valence-corrected chi connectivity index (χ1v) is 15.7. The number of ether oxygens (including phenoxy) is 6. The van der Waals surface area contributed by atoms with Gasteiger partial charge in [-0.2, -0.15) is 0 Å². The van der Waals surface area contributed by atoms with E-state index in [1.54, 1.807) is 14.2 Å². The van der Waals surface area contributed by atoms with Crippen molar-refractivity contribution in [2.75, 3.05) is 44.2 Å². The molecule has 8 atom stereocenters. The van der Waals surface area contributed by atoms with Gasteiger partial charge in [0.15, 0.2) is 32.9 Å². The van der Waals surface area contributed by atoms with Crippen LogP contribution in [0.25, 0.3) is 0 Å². The second-order valence-corrected chi connectivity index (χ2v) is 13.3. The van der Waals surface area contributed by atoms with E-state index in [1.165, 1.54) is 12.7 Å². The lowest BCUT2D eigenvalue weighted by Crippen LogP contribution is -2.35. The Morgan fingerprint density at radius 3 is 1.71 bits per heavy atom. The first-order valence-electron chi connectivity index (χ1n) is 14.5. The number of nitrogens with one attached hydrogen (secondary N) is 1. The van der Waals surface area contributed by atoms with Crippen LogP contribution in [0.4, 0.5) is 17.2 Å². The summed E-state index contributed by atoms with van der Waals surface area (Å²) in [6.07, 6.45) is 4.48. The Hall–Kier alpha value is -1.85. The molecule has 0 bridgehead atoms. The summed E-state index contributed by atoms with van der Waals surface area (Å²) in [5.74, 6) is 0.0697. The standard InChI is InChI=1S/C14H21ClN4O3.C10H19NO3.C4H3Cl2N3/c1-14(2)21-10-7(5-20-3)4-8(11(10)22-14)19-13-9(16)12(15)17-6-18-13;1-10(2)13-8-6(5-12-3)4-7(11)9(8)14-10;5-3-2(7)4(6)9-1-8-3/h6-8,10-11H,4-5,16H2,1-3H3,(H,17,18,19);6-9H,4-5,11H2,1-3H3;1H,7H2/t7-,8-,10-,11+;6-,7-,8-,9+;/m11./s1.